The molecule has 0 bridgehead atoms. The molecule has 2 heterocycles. The Labute approximate surface area is 86.0 Å². The number of fused-ring (bicyclic) bond motifs is 1. The number of carbonyl (C=O) groups is 2. The molecule has 1 aromatic rings. The van der Waals surface area contributed by atoms with Crippen LogP contribution < -0.4 is 4.74 Å². The molecule has 0 spiro atoms. The van der Waals surface area contributed by atoms with E-state index in [0.717, 1.165) is 0 Å². The summed E-state index contributed by atoms with van der Waals surface area (Å²) in [5.41, 5.74) is 1.47. The van der Waals surface area contributed by atoms with Gasteiger partial charge in [0, 0.05) is 18.7 Å². The molecule has 0 N–H and O–H groups in total. The molecule has 0 fully saturated rings. The molecule has 0 atom stereocenters. The van der Waals surface area contributed by atoms with Gasteiger partial charge in [0.25, 0.3) is 0 Å². The van der Waals surface area contributed by atoms with Crippen molar-refractivity contribution in [3.63, 3.8) is 0 Å². The summed E-state index contributed by atoms with van der Waals surface area (Å²) in [7, 11) is 0. The van der Waals surface area contributed by atoms with Gasteiger partial charge in [-0.3, -0.25) is 9.78 Å². The van der Waals surface area contributed by atoms with Crippen molar-refractivity contribution in [3.8, 4) is 5.75 Å². The minimum Gasteiger partial charge on any atom is -0.457 e. The molecule has 5 nitrogen and oxygen atoms in total. The largest absolute Gasteiger partial charge is 0.457 e. The van der Waals surface area contributed by atoms with Crippen LogP contribution in [0.25, 0.3) is 0 Å². The fourth-order valence-electron chi connectivity index (χ4n) is 1.44. The first-order chi connectivity index (χ1) is 7.09. The SMILES string of the molecule is CC(=O)Oc1c(C)ncc2c1C(=O)OC2. The highest BCUT2D eigenvalue weighted by molar-refractivity contribution is 5.97. The van der Waals surface area contributed by atoms with Gasteiger partial charge in [-0.2, -0.15) is 0 Å². The third-order valence-electron chi connectivity index (χ3n) is 2.10. The highest BCUT2D eigenvalue weighted by atomic mass is 16.6. The quantitative estimate of drug-likeness (QED) is 0.642. The van der Waals surface area contributed by atoms with Crippen molar-refractivity contribution >= 4 is 11.9 Å². The van der Waals surface area contributed by atoms with Crippen LogP contribution in [-0.4, -0.2) is 16.9 Å². The number of ether oxygens (including phenoxy) is 2. The molecule has 0 radical (unpaired) electrons. The van der Waals surface area contributed by atoms with Gasteiger partial charge in [0.2, 0.25) is 0 Å². The van der Waals surface area contributed by atoms with Crippen LogP contribution in [0.5, 0.6) is 5.75 Å². The van der Waals surface area contributed by atoms with E-state index < -0.39 is 11.9 Å². The van der Waals surface area contributed by atoms with Crippen molar-refractivity contribution in [2.24, 2.45) is 0 Å². The minimum absolute atomic E-state index is 0.190. The summed E-state index contributed by atoms with van der Waals surface area (Å²) in [4.78, 5) is 26.3. The van der Waals surface area contributed by atoms with Gasteiger partial charge >= 0.3 is 11.9 Å². The van der Waals surface area contributed by atoms with Crippen molar-refractivity contribution in [2.75, 3.05) is 0 Å². The number of pyridine rings is 1. The van der Waals surface area contributed by atoms with Gasteiger partial charge in [0.15, 0.2) is 5.75 Å². The lowest BCUT2D eigenvalue weighted by atomic mass is 10.1. The first-order valence-corrected chi connectivity index (χ1v) is 4.43. The Bertz CT molecular complexity index is 453. The lowest BCUT2D eigenvalue weighted by Gasteiger charge is -2.07. The molecule has 2 rings (SSSR count). The van der Waals surface area contributed by atoms with Crippen molar-refractivity contribution < 1.29 is 19.1 Å². The van der Waals surface area contributed by atoms with Crippen molar-refractivity contribution in [1.29, 1.82) is 0 Å². The molecule has 0 saturated carbocycles. The lowest BCUT2D eigenvalue weighted by molar-refractivity contribution is -0.131. The summed E-state index contributed by atoms with van der Waals surface area (Å²) in [5.74, 6) is -0.734. The van der Waals surface area contributed by atoms with Crippen molar-refractivity contribution in [2.45, 2.75) is 20.5 Å². The number of esters is 2. The second kappa shape index (κ2) is 3.34. The first kappa shape index (κ1) is 9.64. The van der Waals surface area contributed by atoms with Crippen molar-refractivity contribution in [1.82, 2.24) is 4.98 Å². The van der Waals surface area contributed by atoms with Crippen LogP contribution in [0.1, 0.15) is 28.5 Å². The summed E-state index contributed by atoms with van der Waals surface area (Å²) in [6.45, 7) is 3.14. The predicted octanol–water partition coefficient (Wildman–Crippen LogP) is 0.986. The Morgan fingerprint density at radius 3 is 3.00 bits per heavy atom. The molecule has 0 aliphatic carbocycles. The maximum atomic E-state index is 11.4. The maximum absolute atomic E-state index is 11.4. The molecule has 15 heavy (non-hydrogen) atoms. The number of aryl methyl sites for hydroxylation is 1. The fraction of sp³-hybridized carbons (Fsp3) is 0.300. The van der Waals surface area contributed by atoms with Gasteiger partial charge in [-0.25, -0.2) is 4.79 Å². The Morgan fingerprint density at radius 2 is 2.33 bits per heavy atom. The average molecular weight is 207 g/mol. The van der Waals surface area contributed by atoms with E-state index >= 15 is 0 Å². The second-order valence-corrected chi connectivity index (χ2v) is 3.24. The van der Waals surface area contributed by atoms with Crippen LogP contribution >= 0.6 is 0 Å². The summed E-state index contributed by atoms with van der Waals surface area (Å²) >= 11 is 0. The Morgan fingerprint density at radius 1 is 1.60 bits per heavy atom. The zero-order valence-electron chi connectivity index (χ0n) is 8.36. The number of aromatic nitrogens is 1. The second-order valence-electron chi connectivity index (χ2n) is 3.24. The molecule has 0 amide bonds. The molecule has 0 aromatic carbocycles. The van der Waals surface area contributed by atoms with Crippen molar-refractivity contribution in [3.05, 3.63) is 23.0 Å². The summed E-state index contributed by atoms with van der Waals surface area (Å²) in [5, 5.41) is 0. The Hall–Kier alpha value is -1.91. The third-order valence-corrected chi connectivity index (χ3v) is 2.10. The van der Waals surface area contributed by atoms with Gasteiger partial charge in [0.1, 0.15) is 12.2 Å². The number of hydrogen-bond donors (Lipinski definition) is 0. The van der Waals surface area contributed by atoms with Gasteiger partial charge in [0.05, 0.1) is 5.69 Å². The normalized spacial score (nSPS) is 13.3. The molecule has 0 saturated heterocycles. The monoisotopic (exact) mass is 207 g/mol. The van der Waals surface area contributed by atoms with Crippen LogP contribution in [-0.2, 0) is 16.1 Å². The van der Waals surface area contributed by atoms with E-state index in [9.17, 15) is 9.59 Å². The number of nitrogens with zero attached hydrogens (tertiary/aromatic N) is 1. The van der Waals surface area contributed by atoms with E-state index in [1.54, 1.807) is 13.1 Å². The van der Waals surface area contributed by atoms with Crippen LogP contribution in [0.4, 0.5) is 0 Å². The highest BCUT2D eigenvalue weighted by Crippen LogP contribution is 2.30. The summed E-state index contributed by atoms with van der Waals surface area (Å²) in [6, 6.07) is 0. The summed E-state index contributed by atoms with van der Waals surface area (Å²) < 4.78 is 9.79. The van der Waals surface area contributed by atoms with E-state index in [1.165, 1.54) is 6.92 Å². The molecule has 1 aromatic heterocycles. The Kier molecular flexibility index (Phi) is 2.15. The van der Waals surface area contributed by atoms with Gasteiger partial charge in [-0.1, -0.05) is 0 Å². The van der Waals surface area contributed by atoms with Gasteiger partial charge in [-0.15, -0.1) is 0 Å². The summed E-state index contributed by atoms with van der Waals surface area (Å²) in [6.07, 6.45) is 1.56. The number of rotatable bonds is 1. The topological polar surface area (TPSA) is 65.5 Å². The zero-order valence-corrected chi connectivity index (χ0v) is 8.36. The first-order valence-electron chi connectivity index (χ1n) is 4.43. The van der Waals surface area contributed by atoms with Crippen LogP contribution in [0.3, 0.4) is 0 Å². The van der Waals surface area contributed by atoms with E-state index in [0.29, 0.717) is 16.8 Å². The highest BCUT2D eigenvalue weighted by Gasteiger charge is 2.28. The number of carbonyl (C=O) groups excluding carboxylic acids is 2. The van der Waals surface area contributed by atoms with Crippen LogP contribution in [0, 0.1) is 6.92 Å². The third kappa shape index (κ3) is 1.56. The van der Waals surface area contributed by atoms with E-state index in [4.69, 9.17) is 9.47 Å². The predicted molar refractivity (Wildman–Crippen MR) is 49.4 cm³/mol. The standard InChI is InChI=1S/C10H9NO4/c1-5-9(15-6(2)12)8-7(3-11-5)4-14-10(8)13/h3H,4H2,1-2H3. The molecular weight excluding hydrogens is 198 g/mol. The molecule has 5 heteroatoms. The molecular formula is C10H9NO4. The number of cyclic esters (lactones) is 1. The Balaban J connectivity index is 2.56. The number of hydrogen-bond acceptors (Lipinski definition) is 5. The molecule has 0 unspecified atom stereocenters. The van der Waals surface area contributed by atoms with Crippen LogP contribution in [0.2, 0.25) is 0 Å². The van der Waals surface area contributed by atoms with E-state index in [-0.39, 0.29) is 12.4 Å². The fourth-order valence-corrected chi connectivity index (χ4v) is 1.44. The van der Waals surface area contributed by atoms with E-state index in [1.807, 2.05) is 0 Å². The van der Waals surface area contributed by atoms with Gasteiger partial charge < -0.3 is 9.47 Å². The molecule has 1 aliphatic rings. The van der Waals surface area contributed by atoms with Crippen LogP contribution in [0.15, 0.2) is 6.20 Å². The maximum Gasteiger partial charge on any atom is 0.342 e. The van der Waals surface area contributed by atoms with E-state index in [2.05, 4.69) is 4.98 Å². The smallest absolute Gasteiger partial charge is 0.342 e. The van der Waals surface area contributed by atoms with Gasteiger partial charge in [-0.05, 0) is 6.92 Å². The average Bonchev–Trinajstić information content (AvgIpc) is 2.52. The lowest BCUT2D eigenvalue weighted by Crippen LogP contribution is -2.08. The zero-order chi connectivity index (χ0) is 11.0. The molecule has 78 valence electrons. The molecule has 1 aliphatic heterocycles. The minimum atomic E-state index is -0.479.